The maximum absolute atomic E-state index is 11.9. The lowest BCUT2D eigenvalue weighted by molar-refractivity contribution is -0.137. The van der Waals surface area contributed by atoms with E-state index in [4.69, 9.17) is 18.6 Å². The summed E-state index contributed by atoms with van der Waals surface area (Å²) >= 11 is 3.43. The summed E-state index contributed by atoms with van der Waals surface area (Å²) in [7, 11) is 0. The van der Waals surface area contributed by atoms with Crippen molar-refractivity contribution in [2.45, 2.75) is 20.5 Å². The predicted molar refractivity (Wildman–Crippen MR) is 125 cm³/mol. The molecule has 160 valence electrons. The smallest absolute Gasteiger partial charge is 0.330 e. The summed E-state index contributed by atoms with van der Waals surface area (Å²) in [5.74, 6) is 0.441. The average Bonchev–Trinajstić information content (AvgIpc) is 3.21. The van der Waals surface area contributed by atoms with Gasteiger partial charge in [0, 0.05) is 21.5 Å². The van der Waals surface area contributed by atoms with Gasteiger partial charge in [-0.15, -0.1) is 0 Å². The molecular weight excluding hydrogens is 460 g/mol. The number of hydrogen-bond donors (Lipinski definition) is 0. The quantitative estimate of drug-likeness (QED) is 0.145. The molecule has 0 unspecified atom stereocenters. The summed E-state index contributed by atoms with van der Waals surface area (Å²) in [5.41, 5.74) is 3.03. The Morgan fingerprint density at radius 2 is 1.94 bits per heavy atom. The fourth-order valence-corrected chi connectivity index (χ4v) is 3.03. The topological polar surface area (TPSA) is 57.9 Å². The van der Waals surface area contributed by atoms with E-state index < -0.39 is 5.97 Å². The summed E-state index contributed by atoms with van der Waals surface area (Å²) < 4.78 is 23.7. The van der Waals surface area contributed by atoms with Gasteiger partial charge in [0.25, 0.3) is 0 Å². The molecule has 6 heteroatoms. The van der Waals surface area contributed by atoms with E-state index >= 15 is 0 Å². The van der Waals surface area contributed by atoms with Gasteiger partial charge in [-0.1, -0.05) is 40.2 Å². The maximum Gasteiger partial charge on any atom is 0.330 e. The molecule has 0 aliphatic heterocycles. The third-order valence-electron chi connectivity index (χ3n) is 4.20. The van der Waals surface area contributed by atoms with Crippen LogP contribution in [0.15, 0.2) is 82.1 Å². The fraction of sp³-hybridized carbons (Fsp3) is 0.160. The van der Waals surface area contributed by atoms with Gasteiger partial charge in [0.15, 0.2) is 11.3 Å². The molecule has 3 aromatic rings. The number of hydrogen-bond acceptors (Lipinski definition) is 5. The summed E-state index contributed by atoms with van der Waals surface area (Å²) in [6, 6.07) is 11.5. The Morgan fingerprint density at radius 1 is 1.16 bits per heavy atom. The molecule has 31 heavy (non-hydrogen) atoms. The number of allylic oxidation sites excluding steroid dienone is 2. The van der Waals surface area contributed by atoms with Crippen LogP contribution in [0.4, 0.5) is 0 Å². The minimum absolute atomic E-state index is 0.303. The Hall–Kier alpha value is -3.25. The molecule has 0 atom stereocenters. The van der Waals surface area contributed by atoms with Gasteiger partial charge < -0.3 is 18.6 Å². The van der Waals surface area contributed by atoms with Crippen LogP contribution in [-0.2, 0) is 16.1 Å². The second-order valence-corrected chi connectivity index (χ2v) is 7.65. The zero-order valence-corrected chi connectivity index (χ0v) is 19.0. The van der Waals surface area contributed by atoms with Crippen LogP contribution in [-0.4, -0.2) is 12.6 Å². The van der Waals surface area contributed by atoms with Gasteiger partial charge in [-0.25, -0.2) is 4.79 Å². The van der Waals surface area contributed by atoms with E-state index in [0.717, 1.165) is 21.0 Å². The van der Waals surface area contributed by atoms with Crippen LogP contribution in [0.2, 0.25) is 0 Å². The number of ether oxygens (including phenoxy) is 3. The molecule has 3 rings (SSSR count). The van der Waals surface area contributed by atoms with Crippen molar-refractivity contribution in [2.24, 2.45) is 0 Å². The number of furan rings is 1. The van der Waals surface area contributed by atoms with Gasteiger partial charge in [0.1, 0.15) is 6.61 Å². The number of carbonyl (C=O) groups is 1. The molecular formula is C25H23BrO5. The van der Waals surface area contributed by atoms with Gasteiger partial charge in [0.2, 0.25) is 5.75 Å². The van der Waals surface area contributed by atoms with Crippen molar-refractivity contribution in [3.63, 3.8) is 0 Å². The first-order valence-electron chi connectivity index (χ1n) is 9.73. The molecule has 5 nitrogen and oxygen atoms in total. The fourth-order valence-electron chi connectivity index (χ4n) is 2.77. The SMILES string of the molecule is C=C(C)C=COc1c(OCc2ccc(Br)cc2)c(/C=C/C(=O)OCC)cc2ccoc12. The van der Waals surface area contributed by atoms with Crippen molar-refractivity contribution in [2.75, 3.05) is 6.61 Å². The Balaban J connectivity index is 2.03. The molecule has 1 heterocycles. The van der Waals surface area contributed by atoms with Crippen molar-refractivity contribution < 1.29 is 23.4 Å². The highest BCUT2D eigenvalue weighted by atomic mass is 79.9. The maximum atomic E-state index is 11.9. The van der Waals surface area contributed by atoms with Crippen molar-refractivity contribution in [1.29, 1.82) is 0 Å². The zero-order valence-electron chi connectivity index (χ0n) is 17.4. The van der Waals surface area contributed by atoms with E-state index in [2.05, 4.69) is 22.5 Å². The number of benzene rings is 2. The Labute approximate surface area is 189 Å². The second kappa shape index (κ2) is 10.7. The van der Waals surface area contributed by atoms with Gasteiger partial charge in [0.05, 0.1) is 19.1 Å². The van der Waals surface area contributed by atoms with Gasteiger partial charge in [-0.05, 0) is 55.8 Å². The lowest BCUT2D eigenvalue weighted by Gasteiger charge is -2.14. The first-order valence-corrected chi connectivity index (χ1v) is 10.5. The summed E-state index contributed by atoms with van der Waals surface area (Å²) in [6.45, 7) is 8.08. The van der Waals surface area contributed by atoms with Crippen LogP contribution < -0.4 is 9.47 Å². The number of halogens is 1. The molecule has 0 N–H and O–H groups in total. The molecule has 0 amide bonds. The molecule has 0 saturated heterocycles. The van der Waals surface area contributed by atoms with Crippen molar-refractivity contribution in [3.05, 3.63) is 88.8 Å². The van der Waals surface area contributed by atoms with E-state index in [-0.39, 0.29) is 0 Å². The van der Waals surface area contributed by atoms with Crippen molar-refractivity contribution in [1.82, 2.24) is 0 Å². The lowest BCUT2D eigenvalue weighted by atomic mass is 10.1. The molecule has 0 fully saturated rings. The minimum Gasteiger partial charge on any atom is -0.484 e. The standard InChI is InChI=1S/C25H23BrO5/c1-4-28-22(27)10-7-19-15-20-12-14-29-23(20)25(30-13-11-17(2)3)24(19)31-16-18-5-8-21(26)9-6-18/h5-15H,2,4,16H2,1,3H3/b10-7+,13-11?. The van der Waals surface area contributed by atoms with Crippen LogP contribution in [0.25, 0.3) is 17.0 Å². The highest BCUT2D eigenvalue weighted by Gasteiger charge is 2.18. The highest BCUT2D eigenvalue weighted by Crippen LogP contribution is 2.41. The van der Waals surface area contributed by atoms with Crippen LogP contribution in [0.3, 0.4) is 0 Å². The van der Waals surface area contributed by atoms with Crippen LogP contribution in [0, 0.1) is 0 Å². The van der Waals surface area contributed by atoms with Crippen LogP contribution in [0.5, 0.6) is 11.5 Å². The third kappa shape index (κ3) is 6.12. The normalized spacial score (nSPS) is 11.3. The van der Waals surface area contributed by atoms with Gasteiger partial charge in [-0.2, -0.15) is 0 Å². The van der Waals surface area contributed by atoms with E-state index in [1.165, 1.54) is 12.3 Å². The molecule has 2 aromatic carbocycles. The van der Waals surface area contributed by atoms with Crippen molar-refractivity contribution >= 4 is 38.9 Å². The molecule has 1 aromatic heterocycles. The minimum atomic E-state index is -0.432. The molecule has 0 saturated carbocycles. The first-order chi connectivity index (χ1) is 15.0. The van der Waals surface area contributed by atoms with E-state index in [0.29, 0.717) is 35.9 Å². The second-order valence-electron chi connectivity index (χ2n) is 6.73. The number of carbonyl (C=O) groups excluding carboxylic acids is 1. The number of esters is 1. The van der Waals surface area contributed by atoms with Gasteiger partial charge in [-0.3, -0.25) is 0 Å². The lowest BCUT2D eigenvalue weighted by Crippen LogP contribution is -2.01. The Bertz CT molecular complexity index is 1120. The zero-order chi connectivity index (χ0) is 22.2. The Kier molecular flexibility index (Phi) is 7.73. The van der Waals surface area contributed by atoms with Crippen molar-refractivity contribution in [3.8, 4) is 11.5 Å². The monoisotopic (exact) mass is 482 g/mol. The van der Waals surface area contributed by atoms with E-state index in [9.17, 15) is 4.79 Å². The van der Waals surface area contributed by atoms with E-state index in [1.807, 2.05) is 43.3 Å². The third-order valence-corrected chi connectivity index (χ3v) is 4.73. The summed E-state index contributed by atoms with van der Waals surface area (Å²) in [6.07, 6.45) is 7.87. The first kappa shape index (κ1) is 22.4. The number of rotatable bonds is 9. The molecule has 0 bridgehead atoms. The molecule has 0 spiro atoms. The summed E-state index contributed by atoms with van der Waals surface area (Å²) in [4.78, 5) is 11.9. The Morgan fingerprint density at radius 3 is 2.65 bits per heavy atom. The number of fused-ring (bicyclic) bond motifs is 1. The van der Waals surface area contributed by atoms with Gasteiger partial charge >= 0.3 is 5.97 Å². The van der Waals surface area contributed by atoms with Crippen LogP contribution >= 0.6 is 15.9 Å². The largest absolute Gasteiger partial charge is 0.484 e. The van der Waals surface area contributed by atoms with E-state index in [1.54, 1.807) is 25.3 Å². The molecule has 0 aliphatic carbocycles. The average molecular weight is 483 g/mol. The van der Waals surface area contributed by atoms with Crippen LogP contribution in [0.1, 0.15) is 25.0 Å². The molecule has 0 aliphatic rings. The summed E-state index contributed by atoms with van der Waals surface area (Å²) in [5, 5.41) is 0.818. The highest BCUT2D eigenvalue weighted by molar-refractivity contribution is 9.10. The molecule has 0 radical (unpaired) electrons. The predicted octanol–water partition coefficient (Wildman–Crippen LogP) is 6.82.